The predicted molar refractivity (Wildman–Crippen MR) is 135 cm³/mol. The van der Waals surface area contributed by atoms with Crippen LogP contribution >= 0.6 is 11.6 Å². The topological polar surface area (TPSA) is 143 Å². The summed E-state index contributed by atoms with van der Waals surface area (Å²) in [5.74, 6) is 1.86. The van der Waals surface area contributed by atoms with Crippen LogP contribution in [0.3, 0.4) is 0 Å². The highest BCUT2D eigenvalue weighted by molar-refractivity contribution is 7.92. The van der Waals surface area contributed by atoms with Gasteiger partial charge in [-0.3, -0.25) is 9.29 Å². The van der Waals surface area contributed by atoms with Crippen LogP contribution in [0.15, 0.2) is 48.8 Å². The van der Waals surface area contributed by atoms with Crippen LogP contribution < -0.4 is 18.9 Å². The summed E-state index contributed by atoms with van der Waals surface area (Å²) in [4.78, 5) is 12.7. The number of para-hydroxylation sites is 1. The number of nitrogens with zero attached hydrogens (tertiary/aromatic N) is 6. The average Bonchev–Trinajstić information content (AvgIpc) is 3.22. The lowest BCUT2D eigenvalue weighted by molar-refractivity contribution is 0.263. The van der Waals surface area contributed by atoms with Crippen LogP contribution in [0.4, 0.5) is 5.95 Å². The number of sulfonamides is 1. The number of anilines is 1. The van der Waals surface area contributed by atoms with Gasteiger partial charge >= 0.3 is 0 Å². The van der Waals surface area contributed by atoms with Crippen LogP contribution in [0, 0.1) is 0 Å². The van der Waals surface area contributed by atoms with Gasteiger partial charge in [0.05, 0.1) is 36.3 Å². The van der Waals surface area contributed by atoms with Gasteiger partial charge in [0.15, 0.2) is 17.3 Å². The van der Waals surface area contributed by atoms with E-state index >= 15 is 0 Å². The number of ether oxygens (including phenoxy) is 3. The fourth-order valence-electron chi connectivity index (χ4n) is 3.91. The van der Waals surface area contributed by atoms with Crippen LogP contribution in [0.25, 0.3) is 11.4 Å². The number of rotatable bonds is 8. The van der Waals surface area contributed by atoms with E-state index in [9.17, 15) is 8.42 Å². The molecule has 5 rings (SSSR count). The molecule has 0 unspecified atom stereocenters. The summed E-state index contributed by atoms with van der Waals surface area (Å²) in [5, 5.41) is 8.87. The molecule has 192 valence electrons. The molecule has 1 aliphatic heterocycles. The molecule has 0 saturated heterocycles. The SMILES string of the molecule is COc1cccc([C@H]2COc3c(OC)cccc3-c3nnc(NS(=O)(=O)CCc4ncc(Cl)cn4)n32)n1. The molecule has 4 heterocycles. The zero-order valence-corrected chi connectivity index (χ0v) is 21.4. The molecule has 0 amide bonds. The third-order valence-electron chi connectivity index (χ3n) is 5.64. The molecule has 0 radical (unpaired) electrons. The number of aromatic nitrogens is 6. The normalized spacial score (nSPS) is 14.6. The molecule has 1 aliphatic rings. The van der Waals surface area contributed by atoms with Crippen molar-refractivity contribution >= 4 is 27.6 Å². The monoisotopic (exact) mass is 543 g/mol. The molecule has 0 spiro atoms. The second-order valence-corrected chi connectivity index (χ2v) is 10.3. The van der Waals surface area contributed by atoms with E-state index in [0.717, 1.165) is 0 Å². The molecule has 4 aromatic rings. The Hall–Kier alpha value is -3.97. The third kappa shape index (κ3) is 5.13. The Balaban J connectivity index is 1.54. The third-order valence-corrected chi connectivity index (χ3v) is 7.07. The van der Waals surface area contributed by atoms with Gasteiger partial charge in [-0.15, -0.1) is 10.2 Å². The predicted octanol–water partition coefficient (Wildman–Crippen LogP) is 2.77. The second-order valence-electron chi connectivity index (χ2n) is 7.97. The summed E-state index contributed by atoms with van der Waals surface area (Å²) in [5.41, 5.74) is 1.17. The number of methoxy groups -OCH3 is 2. The minimum absolute atomic E-state index is 0.0147. The Kier molecular flexibility index (Phi) is 6.80. The molecular weight excluding hydrogens is 522 g/mol. The van der Waals surface area contributed by atoms with E-state index in [-0.39, 0.29) is 24.7 Å². The molecule has 1 atom stereocenters. The van der Waals surface area contributed by atoms with Gasteiger partial charge in [-0.2, -0.15) is 0 Å². The number of halogens is 1. The molecule has 12 nitrogen and oxygen atoms in total. The molecule has 3 aromatic heterocycles. The van der Waals surface area contributed by atoms with Crippen molar-refractivity contribution in [3.63, 3.8) is 0 Å². The van der Waals surface area contributed by atoms with E-state index < -0.39 is 16.1 Å². The van der Waals surface area contributed by atoms with E-state index in [0.29, 0.717) is 45.3 Å². The zero-order valence-electron chi connectivity index (χ0n) is 19.8. The molecule has 0 saturated carbocycles. The molecule has 0 aliphatic carbocycles. The number of pyridine rings is 1. The van der Waals surface area contributed by atoms with Crippen LogP contribution in [0.1, 0.15) is 17.6 Å². The Morgan fingerprint density at radius 1 is 1.11 bits per heavy atom. The van der Waals surface area contributed by atoms with Gasteiger partial charge < -0.3 is 14.2 Å². The Morgan fingerprint density at radius 2 is 1.89 bits per heavy atom. The van der Waals surface area contributed by atoms with Crippen molar-refractivity contribution in [2.24, 2.45) is 0 Å². The zero-order chi connectivity index (χ0) is 26.0. The van der Waals surface area contributed by atoms with Gasteiger partial charge in [0.25, 0.3) is 0 Å². The van der Waals surface area contributed by atoms with Crippen LogP contribution in [-0.2, 0) is 16.4 Å². The lowest BCUT2D eigenvalue weighted by atomic mass is 10.1. The minimum Gasteiger partial charge on any atom is -0.493 e. The van der Waals surface area contributed by atoms with Gasteiger partial charge in [-0.25, -0.2) is 23.4 Å². The fraction of sp³-hybridized carbons (Fsp3) is 0.261. The molecule has 0 fully saturated rings. The van der Waals surface area contributed by atoms with Gasteiger partial charge in [0, 0.05) is 24.9 Å². The number of hydrogen-bond acceptors (Lipinski definition) is 10. The largest absolute Gasteiger partial charge is 0.493 e. The molecular formula is C23H22ClN7O5S. The first kappa shape index (κ1) is 24.7. The highest BCUT2D eigenvalue weighted by atomic mass is 35.5. The Bertz CT molecular complexity index is 1530. The van der Waals surface area contributed by atoms with E-state index in [1.165, 1.54) is 19.5 Å². The molecule has 1 N–H and O–H groups in total. The Morgan fingerprint density at radius 3 is 2.65 bits per heavy atom. The number of aryl methyl sites for hydroxylation is 1. The summed E-state index contributed by atoms with van der Waals surface area (Å²) < 4.78 is 47.2. The van der Waals surface area contributed by atoms with Crippen LogP contribution in [-0.4, -0.2) is 64.7 Å². The fourth-order valence-corrected chi connectivity index (χ4v) is 4.98. The van der Waals surface area contributed by atoms with Gasteiger partial charge in [0.1, 0.15) is 18.5 Å². The average molecular weight is 544 g/mol. The maximum Gasteiger partial charge on any atom is 0.239 e. The highest BCUT2D eigenvalue weighted by Gasteiger charge is 2.32. The number of hydrogen-bond donors (Lipinski definition) is 1. The quantitative estimate of drug-likeness (QED) is 0.352. The number of fused-ring (bicyclic) bond motifs is 3. The van der Waals surface area contributed by atoms with Gasteiger partial charge in [0.2, 0.25) is 21.9 Å². The lowest BCUT2D eigenvalue weighted by Gasteiger charge is -2.20. The summed E-state index contributed by atoms with van der Waals surface area (Å²) >= 11 is 5.81. The van der Waals surface area contributed by atoms with Gasteiger partial charge in [-0.05, 0) is 18.2 Å². The van der Waals surface area contributed by atoms with Crippen molar-refractivity contribution < 1.29 is 22.6 Å². The molecule has 1 aromatic carbocycles. The summed E-state index contributed by atoms with van der Waals surface area (Å²) in [6, 6.07) is 10.1. The smallest absolute Gasteiger partial charge is 0.239 e. The minimum atomic E-state index is -3.86. The van der Waals surface area contributed by atoms with E-state index in [2.05, 4.69) is 29.9 Å². The van der Waals surface area contributed by atoms with Crippen molar-refractivity contribution in [3.8, 4) is 28.8 Å². The molecule has 14 heteroatoms. The first-order valence-electron chi connectivity index (χ1n) is 11.1. The van der Waals surface area contributed by atoms with E-state index in [1.54, 1.807) is 48.1 Å². The molecule has 37 heavy (non-hydrogen) atoms. The van der Waals surface area contributed by atoms with Gasteiger partial charge in [-0.1, -0.05) is 23.7 Å². The standard InChI is InChI=1S/C23H22ClN7O5S/c1-34-18-7-3-5-15-21(18)36-13-17(16-6-4-8-20(27-16)35-2)31-22(15)28-29-23(31)30-37(32,33)10-9-19-25-11-14(24)12-26-19/h3-8,11-12,17H,9-10,13H2,1-2H3,(H,29,30)/t17-/m1/s1. The van der Waals surface area contributed by atoms with Crippen molar-refractivity contribution in [3.05, 3.63) is 65.3 Å². The van der Waals surface area contributed by atoms with Crippen molar-refractivity contribution in [1.82, 2.24) is 29.7 Å². The number of nitrogens with one attached hydrogen (secondary N) is 1. The van der Waals surface area contributed by atoms with Crippen LogP contribution in [0.5, 0.6) is 17.4 Å². The number of benzene rings is 1. The lowest BCUT2D eigenvalue weighted by Crippen LogP contribution is -2.25. The first-order chi connectivity index (χ1) is 17.9. The van der Waals surface area contributed by atoms with Crippen molar-refractivity contribution in [2.75, 3.05) is 31.3 Å². The van der Waals surface area contributed by atoms with E-state index in [4.69, 9.17) is 25.8 Å². The van der Waals surface area contributed by atoms with Crippen LogP contribution in [0.2, 0.25) is 5.02 Å². The maximum atomic E-state index is 13.0. The maximum absolute atomic E-state index is 13.0. The summed E-state index contributed by atoms with van der Waals surface area (Å²) in [7, 11) is -0.804. The Labute approximate surface area is 217 Å². The second kappa shape index (κ2) is 10.2. The van der Waals surface area contributed by atoms with E-state index in [1.807, 2.05) is 0 Å². The van der Waals surface area contributed by atoms with Crippen molar-refractivity contribution in [1.29, 1.82) is 0 Å². The first-order valence-corrected chi connectivity index (χ1v) is 13.1. The summed E-state index contributed by atoms with van der Waals surface area (Å²) in [6.07, 6.45) is 2.91. The highest BCUT2D eigenvalue weighted by Crippen LogP contribution is 2.42. The van der Waals surface area contributed by atoms with Crippen molar-refractivity contribution in [2.45, 2.75) is 12.5 Å². The summed E-state index contributed by atoms with van der Waals surface area (Å²) in [6.45, 7) is 0.103. The molecule has 0 bridgehead atoms.